The van der Waals surface area contributed by atoms with Gasteiger partial charge in [-0.25, -0.2) is 4.39 Å². The Balaban J connectivity index is 1.52. The number of benzene rings is 1. The van der Waals surface area contributed by atoms with Gasteiger partial charge < -0.3 is 15.2 Å². The summed E-state index contributed by atoms with van der Waals surface area (Å²) < 4.78 is 19.5. The van der Waals surface area contributed by atoms with Crippen molar-refractivity contribution in [3.05, 3.63) is 35.6 Å². The molecule has 1 amide bonds. The van der Waals surface area contributed by atoms with Crippen molar-refractivity contribution in [1.82, 2.24) is 5.32 Å². The van der Waals surface area contributed by atoms with Crippen LogP contribution in [-0.2, 0) is 9.53 Å². The van der Waals surface area contributed by atoms with Crippen molar-refractivity contribution < 1.29 is 19.0 Å². The first-order valence-electron chi connectivity index (χ1n) is 9.50. The van der Waals surface area contributed by atoms with Crippen molar-refractivity contribution in [2.45, 2.75) is 82.1 Å². The van der Waals surface area contributed by atoms with Crippen LogP contribution in [0, 0.1) is 5.82 Å². The lowest BCUT2D eigenvalue weighted by atomic mass is 9.92. The minimum Gasteiger partial charge on any atom is -0.388 e. The third-order valence-electron chi connectivity index (χ3n) is 5.33. The quantitative estimate of drug-likeness (QED) is 0.824. The zero-order valence-electron chi connectivity index (χ0n) is 14.6. The SMILES string of the molecule is O=C(CC(O)c1cccc(F)c1)NC1CCCCC1OC1CCCC1. The zero-order chi connectivity index (χ0) is 17.6. The van der Waals surface area contributed by atoms with Crippen LogP contribution >= 0.6 is 0 Å². The fourth-order valence-electron chi connectivity index (χ4n) is 3.97. The van der Waals surface area contributed by atoms with Crippen molar-refractivity contribution in [2.24, 2.45) is 0 Å². The van der Waals surface area contributed by atoms with E-state index in [-0.39, 0.29) is 24.5 Å². The van der Waals surface area contributed by atoms with E-state index in [9.17, 15) is 14.3 Å². The standard InChI is InChI=1S/C20H28FNO3/c21-15-7-5-6-14(12-15)18(23)13-20(24)22-17-10-3-4-11-19(17)25-16-8-1-2-9-16/h5-7,12,16-19,23H,1-4,8-11,13H2,(H,22,24). The van der Waals surface area contributed by atoms with Crippen LogP contribution in [0.5, 0.6) is 0 Å². The number of hydrogen-bond donors (Lipinski definition) is 2. The monoisotopic (exact) mass is 349 g/mol. The van der Waals surface area contributed by atoms with E-state index < -0.39 is 11.9 Å². The molecule has 0 aromatic heterocycles. The Labute approximate surface area is 148 Å². The smallest absolute Gasteiger partial charge is 0.223 e. The summed E-state index contributed by atoms with van der Waals surface area (Å²) in [5.74, 6) is -0.613. The average Bonchev–Trinajstić information content (AvgIpc) is 3.09. The molecule has 0 saturated heterocycles. The maximum absolute atomic E-state index is 13.3. The van der Waals surface area contributed by atoms with Crippen LogP contribution in [0.2, 0.25) is 0 Å². The Hall–Kier alpha value is -1.46. The summed E-state index contributed by atoms with van der Waals surface area (Å²) in [6.07, 6.45) is 8.18. The Kier molecular flexibility index (Phi) is 6.43. The molecule has 2 aliphatic carbocycles. The summed E-state index contributed by atoms with van der Waals surface area (Å²) in [5.41, 5.74) is 0.428. The van der Waals surface area contributed by atoms with E-state index >= 15 is 0 Å². The fraction of sp³-hybridized carbons (Fsp3) is 0.650. The molecule has 25 heavy (non-hydrogen) atoms. The minimum atomic E-state index is -0.992. The van der Waals surface area contributed by atoms with Crippen LogP contribution in [0.15, 0.2) is 24.3 Å². The molecule has 138 valence electrons. The summed E-state index contributed by atoms with van der Waals surface area (Å²) in [4.78, 5) is 12.3. The van der Waals surface area contributed by atoms with Crippen LogP contribution in [0.1, 0.15) is 69.5 Å². The molecule has 2 aliphatic rings. The lowest BCUT2D eigenvalue weighted by molar-refractivity contribution is -0.126. The van der Waals surface area contributed by atoms with Crippen LogP contribution in [0.4, 0.5) is 4.39 Å². The Morgan fingerprint density at radius 2 is 1.92 bits per heavy atom. The molecule has 2 N–H and O–H groups in total. The predicted octanol–water partition coefficient (Wildman–Crippen LogP) is 3.64. The fourth-order valence-corrected chi connectivity index (χ4v) is 3.97. The maximum Gasteiger partial charge on any atom is 0.223 e. The normalized spacial score (nSPS) is 25.7. The molecule has 4 nitrogen and oxygen atoms in total. The molecular formula is C20H28FNO3. The van der Waals surface area contributed by atoms with E-state index in [1.54, 1.807) is 12.1 Å². The second-order valence-corrected chi connectivity index (χ2v) is 7.31. The second-order valence-electron chi connectivity index (χ2n) is 7.31. The van der Waals surface area contributed by atoms with Crippen molar-refractivity contribution in [1.29, 1.82) is 0 Å². The first kappa shape index (κ1) is 18.3. The summed E-state index contributed by atoms with van der Waals surface area (Å²) in [7, 11) is 0. The van der Waals surface area contributed by atoms with Crippen LogP contribution in [0.25, 0.3) is 0 Å². The number of rotatable bonds is 6. The number of hydrogen-bond acceptors (Lipinski definition) is 3. The average molecular weight is 349 g/mol. The third kappa shape index (κ3) is 5.25. The molecule has 2 saturated carbocycles. The van der Waals surface area contributed by atoms with Gasteiger partial charge in [-0.15, -0.1) is 0 Å². The number of amides is 1. The molecule has 1 aromatic carbocycles. The first-order valence-corrected chi connectivity index (χ1v) is 9.50. The number of nitrogens with one attached hydrogen (secondary N) is 1. The molecule has 1 aromatic rings. The molecule has 3 atom stereocenters. The minimum absolute atomic E-state index is 0.0153. The Morgan fingerprint density at radius 3 is 2.68 bits per heavy atom. The lowest BCUT2D eigenvalue weighted by Crippen LogP contribution is -2.47. The number of aliphatic hydroxyl groups excluding tert-OH is 1. The Morgan fingerprint density at radius 1 is 1.20 bits per heavy atom. The summed E-state index contributed by atoms with van der Waals surface area (Å²) in [6.45, 7) is 0. The molecule has 0 aliphatic heterocycles. The van der Waals surface area contributed by atoms with E-state index in [4.69, 9.17) is 4.74 Å². The van der Waals surface area contributed by atoms with Gasteiger partial charge in [-0.1, -0.05) is 37.8 Å². The van der Waals surface area contributed by atoms with Gasteiger partial charge >= 0.3 is 0 Å². The largest absolute Gasteiger partial charge is 0.388 e. The van der Waals surface area contributed by atoms with Crippen molar-refractivity contribution in [2.75, 3.05) is 0 Å². The van der Waals surface area contributed by atoms with Gasteiger partial charge in [-0.3, -0.25) is 4.79 Å². The van der Waals surface area contributed by atoms with Crippen molar-refractivity contribution in [3.8, 4) is 0 Å². The summed E-state index contributed by atoms with van der Waals surface area (Å²) in [6, 6.07) is 5.78. The maximum atomic E-state index is 13.3. The van der Waals surface area contributed by atoms with Gasteiger partial charge in [-0.05, 0) is 43.4 Å². The van der Waals surface area contributed by atoms with E-state index in [0.717, 1.165) is 38.5 Å². The molecule has 0 spiro atoms. The van der Waals surface area contributed by atoms with E-state index in [0.29, 0.717) is 11.7 Å². The van der Waals surface area contributed by atoms with E-state index in [1.807, 2.05) is 0 Å². The highest BCUT2D eigenvalue weighted by Gasteiger charge is 2.30. The summed E-state index contributed by atoms with van der Waals surface area (Å²) >= 11 is 0. The lowest BCUT2D eigenvalue weighted by Gasteiger charge is -2.34. The number of carbonyl (C=O) groups excluding carboxylic acids is 1. The van der Waals surface area contributed by atoms with Crippen LogP contribution < -0.4 is 5.32 Å². The van der Waals surface area contributed by atoms with Crippen molar-refractivity contribution >= 4 is 5.91 Å². The van der Waals surface area contributed by atoms with Gasteiger partial charge in [0, 0.05) is 0 Å². The topological polar surface area (TPSA) is 58.6 Å². The van der Waals surface area contributed by atoms with Gasteiger partial charge in [0.1, 0.15) is 5.82 Å². The predicted molar refractivity (Wildman–Crippen MR) is 93.5 cm³/mol. The highest BCUT2D eigenvalue weighted by atomic mass is 19.1. The van der Waals surface area contributed by atoms with E-state index in [2.05, 4.69) is 5.32 Å². The molecule has 2 fully saturated rings. The first-order chi connectivity index (χ1) is 12.1. The zero-order valence-corrected chi connectivity index (χ0v) is 14.6. The van der Waals surface area contributed by atoms with E-state index in [1.165, 1.54) is 25.0 Å². The molecule has 0 radical (unpaired) electrons. The second kappa shape index (κ2) is 8.77. The Bertz CT molecular complexity index is 574. The molecular weight excluding hydrogens is 321 g/mol. The number of halogens is 1. The number of aliphatic hydroxyl groups is 1. The third-order valence-corrected chi connectivity index (χ3v) is 5.33. The highest BCUT2D eigenvalue weighted by Crippen LogP contribution is 2.28. The van der Waals surface area contributed by atoms with Gasteiger partial charge in [0.15, 0.2) is 0 Å². The molecule has 3 unspecified atom stereocenters. The number of carbonyl (C=O) groups is 1. The van der Waals surface area contributed by atoms with Gasteiger partial charge in [0.2, 0.25) is 5.91 Å². The van der Waals surface area contributed by atoms with Crippen LogP contribution in [0.3, 0.4) is 0 Å². The molecule has 5 heteroatoms. The summed E-state index contributed by atoms with van der Waals surface area (Å²) in [5, 5.41) is 13.2. The number of ether oxygens (including phenoxy) is 1. The highest BCUT2D eigenvalue weighted by molar-refractivity contribution is 5.77. The van der Waals surface area contributed by atoms with Gasteiger partial charge in [-0.2, -0.15) is 0 Å². The van der Waals surface area contributed by atoms with Crippen molar-refractivity contribution in [3.63, 3.8) is 0 Å². The molecule has 0 heterocycles. The van der Waals surface area contributed by atoms with Crippen LogP contribution in [-0.4, -0.2) is 29.3 Å². The molecule has 0 bridgehead atoms. The molecule has 3 rings (SSSR count). The van der Waals surface area contributed by atoms with Gasteiger partial charge in [0.05, 0.1) is 30.8 Å². The van der Waals surface area contributed by atoms with Gasteiger partial charge in [0.25, 0.3) is 0 Å².